The van der Waals surface area contributed by atoms with Gasteiger partial charge in [0.2, 0.25) is 0 Å². The van der Waals surface area contributed by atoms with E-state index in [1.165, 1.54) is 0 Å². The second kappa shape index (κ2) is 5.36. The minimum atomic E-state index is 0.608. The van der Waals surface area contributed by atoms with E-state index in [1.54, 1.807) is 23.6 Å². The molecule has 2 nitrogen and oxygen atoms in total. The Kier molecular flexibility index (Phi) is 4.08. The van der Waals surface area contributed by atoms with Crippen LogP contribution in [0.1, 0.15) is 4.88 Å². The number of hydrogen-bond donors (Lipinski definition) is 1. The molecule has 0 aliphatic heterocycles. The largest absolute Gasteiger partial charge is 0.364 e. The number of halogens is 3. The Bertz CT molecular complexity index is 501. The number of nitrogens with one attached hydrogen (secondary N) is 1. The summed E-state index contributed by atoms with van der Waals surface area (Å²) in [4.78, 5) is 5.34. The van der Waals surface area contributed by atoms with Crippen molar-refractivity contribution in [1.29, 1.82) is 0 Å². The van der Waals surface area contributed by atoms with Crippen LogP contribution in [0.5, 0.6) is 0 Å². The highest BCUT2D eigenvalue weighted by molar-refractivity contribution is 9.10. The lowest BCUT2D eigenvalue weighted by Gasteiger charge is -2.05. The number of pyridine rings is 1. The minimum Gasteiger partial charge on any atom is -0.364 e. The maximum absolute atomic E-state index is 5.84. The lowest BCUT2D eigenvalue weighted by atomic mass is 10.4. The molecule has 0 amide bonds. The molecule has 2 aromatic heterocycles. The second-order valence-corrected chi connectivity index (χ2v) is 6.13. The molecule has 0 aliphatic rings. The summed E-state index contributed by atoms with van der Waals surface area (Å²) in [6, 6.07) is 5.68. The van der Waals surface area contributed by atoms with Gasteiger partial charge in [-0.15, -0.1) is 11.3 Å². The number of hydrogen-bond acceptors (Lipinski definition) is 3. The van der Waals surface area contributed by atoms with E-state index in [4.69, 9.17) is 23.2 Å². The van der Waals surface area contributed by atoms with Gasteiger partial charge >= 0.3 is 0 Å². The van der Waals surface area contributed by atoms with Crippen LogP contribution in [-0.4, -0.2) is 4.98 Å². The van der Waals surface area contributed by atoms with Crippen LogP contribution in [0, 0.1) is 0 Å². The Morgan fingerprint density at radius 2 is 2.19 bits per heavy atom. The summed E-state index contributed by atoms with van der Waals surface area (Å²) in [6.07, 6.45) is 1.61. The van der Waals surface area contributed by atoms with Crippen LogP contribution < -0.4 is 5.32 Å². The summed E-state index contributed by atoms with van der Waals surface area (Å²) in [5.74, 6) is 0.772. The van der Waals surface area contributed by atoms with Crippen molar-refractivity contribution in [2.75, 3.05) is 5.32 Å². The summed E-state index contributed by atoms with van der Waals surface area (Å²) in [5, 5.41) is 3.81. The molecule has 6 heteroatoms. The molecule has 0 aliphatic carbocycles. The highest BCUT2D eigenvalue weighted by Gasteiger charge is 2.03. The predicted octanol–water partition coefficient (Wildman–Crippen LogP) is 4.82. The minimum absolute atomic E-state index is 0.608. The quantitative estimate of drug-likeness (QED) is 0.868. The zero-order valence-corrected chi connectivity index (χ0v) is 11.9. The van der Waals surface area contributed by atoms with Gasteiger partial charge in [0, 0.05) is 11.1 Å². The van der Waals surface area contributed by atoms with Gasteiger partial charge in [-0.3, -0.25) is 0 Å². The smallest absolute Gasteiger partial charge is 0.140 e. The van der Waals surface area contributed by atoms with Gasteiger partial charge in [0.25, 0.3) is 0 Å². The van der Waals surface area contributed by atoms with Crippen LogP contribution in [0.25, 0.3) is 0 Å². The normalized spacial score (nSPS) is 10.4. The van der Waals surface area contributed by atoms with Crippen molar-refractivity contribution in [3.63, 3.8) is 0 Å². The monoisotopic (exact) mass is 336 g/mol. The summed E-state index contributed by atoms with van der Waals surface area (Å²) in [7, 11) is 0. The first-order valence-electron chi connectivity index (χ1n) is 4.44. The summed E-state index contributed by atoms with van der Waals surface area (Å²) < 4.78 is 1.64. The Labute approximate surface area is 116 Å². The lowest BCUT2D eigenvalue weighted by molar-refractivity contribution is 1.13. The fraction of sp³-hybridized carbons (Fsp3) is 0.100. The third-order valence-corrected chi connectivity index (χ3v) is 3.91. The van der Waals surface area contributed by atoms with Gasteiger partial charge in [0.05, 0.1) is 20.4 Å². The highest BCUT2D eigenvalue weighted by Crippen LogP contribution is 2.25. The Balaban J connectivity index is 2.04. The molecular formula is C10H7BrCl2N2S. The molecular weight excluding hydrogens is 331 g/mol. The summed E-state index contributed by atoms with van der Waals surface area (Å²) in [6.45, 7) is 0.699. The first-order chi connectivity index (χ1) is 7.65. The van der Waals surface area contributed by atoms with Crippen LogP contribution in [-0.2, 0) is 6.54 Å². The molecule has 0 radical (unpaired) electrons. The van der Waals surface area contributed by atoms with Crippen molar-refractivity contribution < 1.29 is 0 Å². The van der Waals surface area contributed by atoms with Gasteiger partial charge in [-0.05, 0) is 34.1 Å². The maximum atomic E-state index is 5.84. The Morgan fingerprint density at radius 3 is 2.81 bits per heavy atom. The molecule has 0 saturated carbocycles. The Hall–Kier alpha value is -0.290. The first-order valence-corrected chi connectivity index (χ1v) is 6.81. The van der Waals surface area contributed by atoms with Crippen molar-refractivity contribution >= 4 is 56.3 Å². The molecule has 84 valence electrons. The van der Waals surface area contributed by atoms with Gasteiger partial charge < -0.3 is 5.32 Å². The van der Waals surface area contributed by atoms with Crippen molar-refractivity contribution in [3.05, 3.63) is 43.1 Å². The molecule has 0 fully saturated rings. The third kappa shape index (κ3) is 3.10. The molecule has 2 heterocycles. The summed E-state index contributed by atoms with van der Waals surface area (Å²) in [5.41, 5.74) is 0. The molecule has 0 aromatic carbocycles. The number of aromatic nitrogens is 1. The van der Waals surface area contributed by atoms with E-state index < -0.39 is 0 Å². The van der Waals surface area contributed by atoms with E-state index in [2.05, 4.69) is 26.2 Å². The highest BCUT2D eigenvalue weighted by atomic mass is 79.9. The van der Waals surface area contributed by atoms with Crippen molar-refractivity contribution in [2.24, 2.45) is 0 Å². The number of anilines is 1. The molecule has 0 saturated heterocycles. The third-order valence-electron chi connectivity index (χ3n) is 1.87. The number of rotatable bonds is 3. The van der Waals surface area contributed by atoms with Crippen LogP contribution in [0.3, 0.4) is 0 Å². The van der Waals surface area contributed by atoms with E-state index in [0.717, 1.165) is 19.5 Å². The maximum Gasteiger partial charge on any atom is 0.140 e. The van der Waals surface area contributed by atoms with Crippen molar-refractivity contribution in [3.8, 4) is 0 Å². The number of nitrogens with zero attached hydrogens (tertiary/aromatic N) is 1. The van der Waals surface area contributed by atoms with Crippen LogP contribution in [0.4, 0.5) is 5.82 Å². The van der Waals surface area contributed by atoms with Crippen molar-refractivity contribution in [2.45, 2.75) is 6.54 Å². The van der Waals surface area contributed by atoms with Gasteiger partial charge in [-0.1, -0.05) is 23.2 Å². The molecule has 16 heavy (non-hydrogen) atoms. The van der Waals surface area contributed by atoms with Gasteiger partial charge in [-0.25, -0.2) is 4.98 Å². The van der Waals surface area contributed by atoms with Crippen molar-refractivity contribution in [1.82, 2.24) is 4.98 Å². The molecule has 0 bridgehead atoms. The van der Waals surface area contributed by atoms with E-state index >= 15 is 0 Å². The SMILES string of the molecule is Clc1cnc(NCc2ccc(Cl)s2)c(Br)c1. The van der Waals surface area contributed by atoms with Gasteiger partial charge in [-0.2, -0.15) is 0 Å². The molecule has 2 rings (SSSR count). The van der Waals surface area contributed by atoms with E-state index in [9.17, 15) is 0 Å². The average Bonchev–Trinajstić information content (AvgIpc) is 2.63. The molecule has 0 unspecified atom stereocenters. The topological polar surface area (TPSA) is 24.9 Å². The molecule has 2 aromatic rings. The second-order valence-electron chi connectivity index (χ2n) is 3.04. The average molecular weight is 338 g/mol. The molecule has 1 N–H and O–H groups in total. The van der Waals surface area contributed by atoms with E-state index in [-0.39, 0.29) is 0 Å². The fourth-order valence-electron chi connectivity index (χ4n) is 1.16. The summed E-state index contributed by atoms with van der Waals surface area (Å²) >= 11 is 16.6. The van der Waals surface area contributed by atoms with Crippen LogP contribution >= 0.6 is 50.5 Å². The van der Waals surface area contributed by atoms with Crippen LogP contribution in [0.15, 0.2) is 28.9 Å². The lowest BCUT2D eigenvalue weighted by Crippen LogP contribution is -2.00. The zero-order valence-electron chi connectivity index (χ0n) is 8.01. The Morgan fingerprint density at radius 1 is 1.38 bits per heavy atom. The van der Waals surface area contributed by atoms with E-state index in [0.29, 0.717) is 11.6 Å². The van der Waals surface area contributed by atoms with Crippen LogP contribution in [0.2, 0.25) is 9.36 Å². The zero-order chi connectivity index (χ0) is 11.5. The number of thiophene rings is 1. The first kappa shape index (κ1) is 12.2. The van der Waals surface area contributed by atoms with E-state index in [1.807, 2.05) is 12.1 Å². The molecule has 0 atom stereocenters. The standard InChI is InChI=1S/C10H7BrCl2N2S/c11-8-3-6(12)4-14-10(8)15-5-7-1-2-9(13)16-7/h1-4H,5H2,(H,14,15). The predicted molar refractivity (Wildman–Crippen MR) is 73.6 cm³/mol. The van der Waals surface area contributed by atoms with Gasteiger partial charge in [0.1, 0.15) is 5.82 Å². The fourth-order valence-corrected chi connectivity index (χ4v) is 2.97. The van der Waals surface area contributed by atoms with Gasteiger partial charge in [0.15, 0.2) is 0 Å². The molecule has 0 spiro atoms.